The summed E-state index contributed by atoms with van der Waals surface area (Å²) in [6.45, 7) is 6.17. The van der Waals surface area contributed by atoms with Gasteiger partial charge in [-0.2, -0.15) is 9.78 Å². The number of carbonyl (C=O) groups excluding carboxylic acids is 1. The molecule has 0 atom stereocenters. The topological polar surface area (TPSA) is 80.4 Å². The molecule has 1 aliphatic rings. The van der Waals surface area contributed by atoms with Crippen molar-refractivity contribution in [2.75, 3.05) is 31.1 Å². The van der Waals surface area contributed by atoms with Gasteiger partial charge in [0.15, 0.2) is 0 Å². The molecule has 5 rings (SSSR count). The highest BCUT2D eigenvalue weighted by Gasteiger charge is 2.28. The van der Waals surface area contributed by atoms with Crippen molar-refractivity contribution >= 4 is 11.6 Å². The van der Waals surface area contributed by atoms with Crippen molar-refractivity contribution in [2.45, 2.75) is 20.4 Å². The molecule has 8 nitrogen and oxygen atoms in total. The van der Waals surface area contributed by atoms with E-state index in [0.29, 0.717) is 31.9 Å². The van der Waals surface area contributed by atoms with Crippen molar-refractivity contribution in [3.05, 3.63) is 122 Å². The predicted molar refractivity (Wildman–Crippen MR) is 144 cm³/mol. The van der Waals surface area contributed by atoms with Crippen molar-refractivity contribution in [3.63, 3.8) is 0 Å². The van der Waals surface area contributed by atoms with Gasteiger partial charge in [-0.05, 0) is 54.8 Å². The smallest absolute Gasteiger partial charge is 0.352 e. The first-order chi connectivity index (χ1) is 17.9. The van der Waals surface area contributed by atoms with Gasteiger partial charge in [0.1, 0.15) is 0 Å². The van der Waals surface area contributed by atoms with Gasteiger partial charge in [0, 0.05) is 31.9 Å². The molecule has 0 aliphatic carbocycles. The van der Waals surface area contributed by atoms with Crippen LogP contribution in [-0.2, 0) is 6.54 Å². The van der Waals surface area contributed by atoms with Crippen molar-refractivity contribution < 1.29 is 4.79 Å². The number of amides is 1. The van der Waals surface area contributed by atoms with Crippen molar-refractivity contribution in [2.24, 2.45) is 0 Å². The summed E-state index contributed by atoms with van der Waals surface area (Å²) in [4.78, 5) is 44.4. The van der Waals surface area contributed by atoms with Crippen LogP contribution >= 0.6 is 0 Å². The number of para-hydroxylation sites is 1. The van der Waals surface area contributed by atoms with E-state index in [-0.39, 0.29) is 12.2 Å². The lowest BCUT2D eigenvalue weighted by Crippen LogP contribution is -2.52. The third-order valence-electron chi connectivity index (χ3n) is 6.87. The molecule has 4 aromatic rings. The molecule has 188 valence electrons. The first-order valence-electron chi connectivity index (χ1n) is 12.4. The highest BCUT2D eigenvalue weighted by Crippen LogP contribution is 2.17. The van der Waals surface area contributed by atoms with Crippen molar-refractivity contribution in [3.8, 4) is 5.69 Å². The highest BCUT2D eigenvalue weighted by atomic mass is 16.2. The summed E-state index contributed by atoms with van der Waals surface area (Å²) in [5.41, 5.74) is 2.95. The lowest BCUT2D eigenvalue weighted by atomic mass is 10.1. The lowest BCUT2D eigenvalue weighted by molar-refractivity contribution is 0.0735. The van der Waals surface area contributed by atoms with E-state index in [0.717, 1.165) is 26.9 Å². The second kappa shape index (κ2) is 10.3. The van der Waals surface area contributed by atoms with E-state index in [9.17, 15) is 14.4 Å². The van der Waals surface area contributed by atoms with Gasteiger partial charge in [-0.25, -0.2) is 4.79 Å². The Hall–Kier alpha value is -4.46. The van der Waals surface area contributed by atoms with Gasteiger partial charge in [-0.3, -0.25) is 14.2 Å². The molecule has 0 radical (unpaired) electrons. The molecule has 0 bridgehead atoms. The van der Waals surface area contributed by atoms with E-state index in [1.165, 1.54) is 4.68 Å². The van der Waals surface area contributed by atoms with Crippen LogP contribution < -0.4 is 16.1 Å². The number of piperazine rings is 1. The lowest BCUT2D eigenvalue weighted by Gasteiger charge is -2.35. The van der Waals surface area contributed by atoms with E-state index in [1.807, 2.05) is 86.6 Å². The molecule has 0 saturated carbocycles. The highest BCUT2D eigenvalue weighted by molar-refractivity contribution is 5.92. The van der Waals surface area contributed by atoms with E-state index in [1.54, 1.807) is 11.0 Å². The fraction of sp³-hybridized carbons (Fsp3) is 0.241. The van der Waals surface area contributed by atoms with Crippen LogP contribution in [0, 0.1) is 13.8 Å². The van der Waals surface area contributed by atoms with Crippen LogP contribution in [0.4, 0.5) is 5.69 Å². The average Bonchev–Trinajstić information content (AvgIpc) is 2.93. The molecule has 0 N–H and O–H groups in total. The number of hydrogen-bond donors (Lipinski definition) is 0. The summed E-state index contributed by atoms with van der Waals surface area (Å²) in [7, 11) is 0. The Morgan fingerprint density at radius 3 is 2.08 bits per heavy atom. The number of aryl methyl sites for hydroxylation is 2. The van der Waals surface area contributed by atoms with E-state index in [4.69, 9.17) is 0 Å². The number of carbonyl (C=O) groups is 1. The summed E-state index contributed by atoms with van der Waals surface area (Å²) < 4.78 is 2.27. The monoisotopic (exact) mass is 495 g/mol. The normalized spacial score (nSPS) is 13.6. The minimum Gasteiger partial charge on any atom is -0.368 e. The van der Waals surface area contributed by atoms with Gasteiger partial charge in [0.25, 0.3) is 11.5 Å². The van der Waals surface area contributed by atoms with E-state index >= 15 is 0 Å². The summed E-state index contributed by atoms with van der Waals surface area (Å²) in [6, 6.07) is 24.8. The maximum Gasteiger partial charge on any atom is 0.352 e. The SMILES string of the molecule is Cc1ccc(-n2nc(C(=O)N3CCN(c4ccccc4)CC3)c(=O)n(Cc3ccccc3)c2=O)cc1C. The van der Waals surface area contributed by atoms with Crippen molar-refractivity contribution in [1.82, 2.24) is 19.2 Å². The van der Waals surface area contributed by atoms with Gasteiger partial charge >= 0.3 is 5.69 Å². The Morgan fingerprint density at radius 1 is 0.784 bits per heavy atom. The number of nitrogens with zero attached hydrogens (tertiary/aromatic N) is 5. The number of benzene rings is 3. The van der Waals surface area contributed by atoms with Gasteiger partial charge in [0.2, 0.25) is 5.69 Å². The Morgan fingerprint density at radius 2 is 1.43 bits per heavy atom. The molecule has 3 aromatic carbocycles. The molecule has 1 fully saturated rings. The van der Waals surface area contributed by atoms with Crippen LogP contribution in [0.3, 0.4) is 0 Å². The quantitative estimate of drug-likeness (QED) is 0.425. The summed E-state index contributed by atoms with van der Waals surface area (Å²) in [5, 5.41) is 4.33. The Kier molecular flexibility index (Phi) is 6.72. The number of hydrogen-bond acceptors (Lipinski definition) is 5. The zero-order chi connectivity index (χ0) is 25.9. The Bertz CT molecular complexity index is 1540. The van der Waals surface area contributed by atoms with Crippen LogP contribution in [-0.4, -0.2) is 51.3 Å². The average molecular weight is 496 g/mol. The molecule has 8 heteroatoms. The molecule has 2 heterocycles. The number of rotatable bonds is 5. The summed E-state index contributed by atoms with van der Waals surface area (Å²) in [5.74, 6) is -0.461. The second-order valence-electron chi connectivity index (χ2n) is 9.30. The molecule has 1 aromatic heterocycles. The fourth-order valence-electron chi connectivity index (χ4n) is 4.54. The van der Waals surface area contributed by atoms with Crippen LogP contribution in [0.5, 0.6) is 0 Å². The number of anilines is 1. The third-order valence-corrected chi connectivity index (χ3v) is 6.87. The predicted octanol–water partition coefficient (Wildman–Crippen LogP) is 3.02. The van der Waals surface area contributed by atoms with Crippen LogP contribution in [0.2, 0.25) is 0 Å². The first-order valence-corrected chi connectivity index (χ1v) is 12.4. The van der Waals surface area contributed by atoms with Crippen molar-refractivity contribution in [1.29, 1.82) is 0 Å². The number of aromatic nitrogens is 3. The molecule has 37 heavy (non-hydrogen) atoms. The molecule has 0 unspecified atom stereocenters. The fourth-order valence-corrected chi connectivity index (χ4v) is 4.54. The maximum absolute atomic E-state index is 13.6. The van der Waals surface area contributed by atoms with Gasteiger partial charge in [-0.1, -0.05) is 54.6 Å². The van der Waals surface area contributed by atoms with Gasteiger partial charge < -0.3 is 9.80 Å². The molecule has 0 spiro atoms. The largest absolute Gasteiger partial charge is 0.368 e. The molecule has 1 amide bonds. The second-order valence-corrected chi connectivity index (χ2v) is 9.30. The van der Waals surface area contributed by atoms with Gasteiger partial charge in [0.05, 0.1) is 12.2 Å². The third kappa shape index (κ3) is 4.95. The molecular weight excluding hydrogens is 466 g/mol. The van der Waals surface area contributed by atoms with Gasteiger partial charge in [-0.15, -0.1) is 0 Å². The van der Waals surface area contributed by atoms with Crippen LogP contribution in [0.1, 0.15) is 27.2 Å². The first kappa shape index (κ1) is 24.2. The minimum absolute atomic E-state index is 0.0495. The van der Waals surface area contributed by atoms with Crippen LogP contribution in [0.15, 0.2) is 88.5 Å². The van der Waals surface area contributed by atoms with E-state index in [2.05, 4.69) is 10.00 Å². The Labute approximate surface area is 215 Å². The molecule has 1 aliphatic heterocycles. The zero-order valence-corrected chi connectivity index (χ0v) is 21.0. The molecular formula is C29H29N5O3. The van der Waals surface area contributed by atoms with Crippen LogP contribution in [0.25, 0.3) is 5.69 Å². The summed E-state index contributed by atoms with van der Waals surface area (Å²) >= 11 is 0. The zero-order valence-electron chi connectivity index (χ0n) is 21.0. The minimum atomic E-state index is -0.676. The van der Waals surface area contributed by atoms with E-state index < -0.39 is 17.2 Å². The molecule has 1 saturated heterocycles. The standard InChI is InChI=1S/C29H29N5O3/c1-21-13-14-25(19-22(21)2)34-29(37)33(20-23-9-5-3-6-10-23)28(36)26(30-34)27(35)32-17-15-31(16-18-32)24-11-7-4-8-12-24/h3-14,19H,15-18,20H2,1-2H3. The Balaban J connectivity index is 1.52. The maximum atomic E-state index is 13.6. The summed E-state index contributed by atoms with van der Waals surface area (Å²) in [6.07, 6.45) is 0.